The topological polar surface area (TPSA) is 26.0 Å². The lowest BCUT2D eigenvalue weighted by molar-refractivity contribution is 0.869. The fourth-order valence-corrected chi connectivity index (χ4v) is 2.38. The molecule has 2 aromatic carbocycles. The zero-order chi connectivity index (χ0) is 12.5. The van der Waals surface area contributed by atoms with E-state index in [1.165, 1.54) is 18.4 Å². The van der Waals surface area contributed by atoms with Crippen molar-refractivity contribution in [3.05, 3.63) is 70.2 Å². The van der Waals surface area contributed by atoms with Crippen LogP contribution in [0, 0.1) is 0 Å². The Morgan fingerprint density at radius 3 is 1.84 bits per heavy atom. The lowest BCUT2D eigenvalue weighted by Gasteiger charge is -2.13. The van der Waals surface area contributed by atoms with Crippen molar-refractivity contribution < 1.29 is 0 Å². The van der Waals surface area contributed by atoms with Gasteiger partial charge in [0.1, 0.15) is 0 Å². The smallest absolute Gasteiger partial charge is 0.0551 e. The Morgan fingerprint density at radius 2 is 1.37 bits per heavy atom. The van der Waals surface area contributed by atoms with Gasteiger partial charge in [0.25, 0.3) is 0 Å². The van der Waals surface area contributed by atoms with Crippen LogP contribution >= 0.6 is 24.0 Å². The van der Waals surface area contributed by atoms with Crippen LogP contribution in [-0.2, 0) is 0 Å². The van der Waals surface area contributed by atoms with Gasteiger partial charge in [-0.3, -0.25) is 0 Å². The van der Waals surface area contributed by atoms with E-state index in [-0.39, 0.29) is 18.4 Å². The molecule has 0 aromatic heterocycles. The Hall–Kier alpha value is -1.02. The number of hydrogen-bond acceptors (Lipinski definition) is 1. The Labute approximate surface area is 125 Å². The minimum Gasteiger partial charge on any atom is -0.320 e. The maximum absolute atomic E-state index is 6.27. The number of rotatable bonds is 3. The van der Waals surface area contributed by atoms with Gasteiger partial charge in [-0.2, -0.15) is 0 Å². The molecule has 1 aliphatic rings. The van der Waals surface area contributed by atoms with Crippen molar-refractivity contribution in [2.75, 3.05) is 0 Å². The lowest BCUT2D eigenvalue weighted by Crippen LogP contribution is -2.11. The maximum Gasteiger partial charge on any atom is 0.0551 e. The summed E-state index contributed by atoms with van der Waals surface area (Å²) in [5.41, 5.74) is 9.96. The number of hydrogen-bond donors (Lipinski definition) is 1. The molecule has 0 amide bonds. The first-order valence-corrected chi connectivity index (χ1v) is 6.73. The van der Waals surface area contributed by atoms with Gasteiger partial charge in [-0.1, -0.05) is 48.0 Å². The van der Waals surface area contributed by atoms with E-state index in [0.29, 0.717) is 0 Å². The molecule has 2 aromatic rings. The summed E-state index contributed by atoms with van der Waals surface area (Å²) >= 11 is 5.88. The highest BCUT2D eigenvalue weighted by Crippen LogP contribution is 2.40. The maximum atomic E-state index is 6.27. The lowest BCUT2D eigenvalue weighted by atomic mass is 9.98. The van der Waals surface area contributed by atoms with Crippen molar-refractivity contribution in [2.24, 2.45) is 5.73 Å². The third-order valence-corrected chi connectivity index (χ3v) is 3.83. The standard InChI is InChI=1S/C16H16ClN.ClH/c17-15-9-7-14(8-10-15)16(18)13-5-3-12(4-6-13)11-1-2-11;/h3-11,16H,1-2,18H2;1H. The van der Waals surface area contributed by atoms with Crippen molar-refractivity contribution >= 4 is 24.0 Å². The predicted octanol–water partition coefficient (Wildman–Crippen LogP) is 4.69. The summed E-state index contributed by atoms with van der Waals surface area (Å²) in [6.45, 7) is 0. The molecule has 0 spiro atoms. The van der Waals surface area contributed by atoms with E-state index in [9.17, 15) is 0 Å². The van der Waals surface area contributed by atoms with Crippen LogP contribution in [0.2, 0.25) is 5.02 Å². The van der Waals surface area contributed by atoms with E-state index in [0.717, 1.165) is 22.1 Å². The van der Waals surface area contributed by atoms with Crippen LogP contribution in [0.3, 0.4) is 0 Å². The highest BCUT2D eigenvalue weighted by atomic mass is 35.5. The van der Waals surface area contributed by atoms with E-state index in [2.05, 4.69) is 24.3 Å². The van der Waals surface area contributed by atoms with E-state index in [4.69, 9.17) is 17.3 Å². The summed E-state index contributed by atoms with van der Waals surface area (Å²) < 4.78 is 0. The first-order valence-electron chi connectivity index (χ1n) is 6.35. The molecule has 1 atom stereocenters. The van der Waals surface area contributed by atoms with E-state index in [1.54, 1.807) is 0 Å². The van der Waals surface area contributed by atoms with Crippen LogP contribution in [0.25, 0.3) is 0 Å². The molecule has 2 N–H and O–H groups in total. The van der Waals surface area contributed by atoms with Gasteiger partial charge in [0.2, 0.25) is 0 Å². The van der Waals surface area contributed by atoms with E-state index in [1.807, 2.05) is 24.3 Å². The summed E-state index contributed by atoms with van der Waals surface area (Å²) in [6.07, 6.45) is 2.67. The van der Waals surface area contributed by atoms with Crippen molar-refractivity contribution in [3.8, 4) is 0 Å². The second-order valence-electron chi connectivity index (χ2n) is 4.97. The Morgan fingerprint density at radius 1 is 0.895 bits per heavy atom. The van der Waals surface area contributed by atoms with E-state index < -0.39 is 0 Å². The van der Waals surface area contributed by atoms with E-state index >= 15 is 0 Å². The Kier molecular flexibility index (Phi) is 4.51. The zero-order valence-electron chi connectivity index (χ0n) is 10.6. The molecule has 1 aliphatic carbocycles. The third-order valence-electron chi connectivity index (χ3n) is 3.57. The van der Waals surface area contributed by atoms with Crippen LogP contribution in [-0.4, -0.2) is 0 Å². The van der Waals surface area contributed by atoms with Crippen molar-refractivity contribution in [2.45, 2.75) is 24.8 Å². The highest BCUT2D eigenvalue weighted by Gasteiger charge is 2.23. The number of benzene rings is 2. The monoisotopic (exact) mass is 293 g/mol. The molecule has 0 radical (unpaired) electrons. The SMILES string of the molecule is Cl.NC(c1ccc(Cl)cc1)c1ccc(C2CC2)cc1. The average molecular weight is 294 g/mol. The Bertz CT molecular complexity index is 530. The third kappa shape index (κ3) is 3.30. The van der Waals surface area contributed by atoms with Gasteiger partial charge in [-0.25, -0.2) is 0 Å². The fraction of sp³-hybridized carbons (Fsp3) is 0.250. The van der Waals surface area contributed by atoms with Crippen LogP contribution in [0.15, 0.2) is 48.5 Å². The minimum absolute atomic E-state index is 0. The van der Waals surface area contributed by atoms with Crippen LogP contribution in [0.4, 0.5) is 0 Å². The number of halogens is 2. The Balaban J connectivity index is 0.00000133. The summed E-state index contributed by atoms with van der Waals surface area (Å²) in [7, 11) is 0. The molecular formula is C16H17Cl2N. The normalized spacial score (nSPS) is 15.7. The first-order chi connectivity index (χ1) is 8.74. The van der Waals surface area contributed by atoms with Crippen LogP contribution < -0.4 is 5.73 Å². The minimum atomic E-state index is -0.0736. The van der Waals surface area contributed by atoms with Crippen molar-refractivity contribution in [1.29, 1.82) is 0 Å². The molecule has 0 bridgehead atoms. The second kappa shape index (κ2) is 5.96. The molecule has 3 heteroatoms. The van der Waals surface area contributed by atoms with Crippen LogP contribution in [0.5, 0.6) is 0 Å². The first kappa shape index (κ1) is 14.4. The molecule has 1 nitrogen and oxygen atoms in total. The fourth-order valence-electron chi connectivity index (χ4n) is 2.25. The van der Waals surface area contributed by atoms with Gasteiger partial charge in [-0.15, -0.1) is 12.4 Å². The molecular weight excluding hydrogens is 277 g/mol. The van der Waals surface area contributed by atoms with Crippen molar-refractivity contribution in [1.82, 2.24) is 0 Å². The molecule has 1 fully saturated rings. The summed E-state index contributed by atoms with van der Waals surface area (Å²) in [5.74, 6) is 0.797. The van der Waals surface area contributed by atoms with Gasteiger partial charge >= 0.3 is 0 Å². The quantitative estimate of drug-likeness (QED) is 0.873. The summed E-state index contributed by atoms with van der Waals surface area (Å²) in [6, 6.07) is 16.4. The molecule has 0 saturated heterocycles. The highest BCUT2D eigenvalue weighted by molar-refractivity contribution is 6.30. The average Bonchev–Trinajstić information content (AvgIpc) is 3.23. The molecule has 100 valence electrons. The molecule has 19 heavy (non-hydrogen) atoms. The van der Waals surface area contributed by atoms with Gasteiger partial charge < -0.3 is 5.73 Å². The predicted molar refractivity (Wildman–Crippen MR) is 83.1 cm³/mol. The second-order valence-corrected chi connectivity index (χ2v) is 5.41. The summed E-state index contributed by atoms with van der Waals surface area (Å²) in [5, 5.41) is 0.745. The molecule has 0 heterocycles. The van der Waals surface area contributed by atoms with Crippen molar-refractivity contribution in [3.63, 3.8) is 0 Å². The van der Waals surface area contributed by atoms with Gasteiger partial charge in [0, 0.05) is 5.02 Å². The molecule has 1 unspecified atom stereocenters. The van der Waals surface area contributed by atoms with Gasteiger partial charge in [0.15, 0.2) is 0 Å². The molecule has 3 rings (SSSR count). The zero-order valence-corrected chi connectivity index (χ0v) is 12.1. The number of nitrogens with two attached hydrogens (primary N) is 1. The molecule has 1 saturated carbocycles. The van der Waals surface area contributed by atoms with Gasteiger partial charge in [-0.05, 0) is 47.6 Å². The largest absolute Gasteiger partial charge is 0.320 e. The van der Waals surface area contributed by atoms with Gasteiger partial charge in [0.05, 0.1) is 6.04 Å². The summed E-state index contributed by atoms with van der Waals surface area (Å²) in [4.78, 5) is 0. The molecule has 0 aliphatic heterocycles. The van der Waals surface area contributed by atoms with Crippen LogP contribution in [0.1, 0.15) is 41.5 Å².